The maximum absolute atomic E-state index is 13.5. The highest BCUT2D eigenvalue weighted by atomic mass is 19.1. The van der Waals surface area contributed by atoms with Crippen LogP contribution in [0.15, 0.2) is 67.0 Å². The summed E-state index contributed by atoms with van der Waals surface area (Å²) in [6.07, 6.45) is 6.13. The Labute approximate surface area is 161 Å². The Balaban J connectivity index is 1.39. The molecule has 1 amide bonds. The van der Waals surface area contributed by atoms with E-state index in [2.05, 4.69) is 31.1 Å². The minimum Gasteiger partial charge on any atom is -0.367 e. The monoisotopic (exact) mass is 378 g/mol. The summed E-state index contributed by atoms with van der Waals surface area (Å²) in [6, 6.07) is 13.5. The summed E-state index contributed by atoms with van der Waals surface area (Å²) in [7, 11) is 0. The van der Waals surface area contributed by atoms with Gasteiger partial charge in [-0.15, -0.1) is 10.2 Å². The minimum atomic E-state index is -0.367. The van der Waals surface area contributed by atoms with Crippen LogP contribution in [0.3, 0.4) is 0 Å². The van der Waals surface area contributed by atoms with Crippen LogP contribution in [-0.2, 0) is 4.79 Å². The molecule has 0 unspecified atom stereocenters. The van der Waals surface area contributed by atoms with Crippen molar-refractivity contribution in [3.05, 3.63) is 78.4 Å². The zero-order valence-electron chi connectivity index (χ0n) is 15.0. The highest BCUT2D eigenvalue weighted by Crippen LogP contribution is 2.12. The molecular weight excluding hydrogens is 359 g/mol. The zero-order valence-corrected chi connectivity index (χ0v) is 15.0. The molecule has 1 aromatic carbocycles. The van der Waals surface area contributed by atoms with Crippen LogP contribution in [0.5, 0.6) is 0 Å². The lowest BCUT2D eigenvalue weighted by atomic mass is 10.2. The molecule has 2 aromatic heterocycles. The van der Waals surface area contributed by atoms with Gasteiger partial charge in [0.05, 0.1) is 11.9 Å². The summed E-state index contributed by atoms with van der Waals surface area (Å²) in [5, 5.41) is 17.0. The van der Waals surface area contributed by atoms with Gasteiger partial charge in [-0.2, -0.15) is 0 Å². The van der Waals surface area contributed by atoms with Gasteiger partial charge >= 0.3 is 0 Å². The SMILES string of the molecule is O=C(/C=C/c1ccccc1F)NCCNc1ccc(Nc2cccnc2)nn1. The number of rotatable bonds is 8. The molecule has 8 heteroatoms. The van der Waals surface area contributed by atoms with Gasteiger partial charge in [-0.05, 0) is 36.4 Å². The summed E-state index contributed by atoms with van der Waals surface area (Å²) < 4.78 is 13.5. The van der Waals surface area contributed by atoms with Gasteiger partial charge in [0.15, 0.2) is 5.82 Å². The van der Waals surface area contributed by atoms with Crippen LogP contribution in [0.25, 0.3) is 6.08 Å². The first kappa shape index (κ1) is 19.0. The van der Waals surface area contributed by atoms with Crippen molar-refractivity contribution in [2.24, 2.45) is 0 Å². The second-order valence-electron chi connectivity index (χ2n) is 5.74. The number of benzene rings is 1. The van der Waals surface area contributed by atoms with Crippen LogP contribution in [0.2, 0.25) is 0 Å². The van der Waals surface area contributed by atoms with E-state index in [1.165, 1.54) is 18.2 Å². The van der Waals surface area contributed by atoms with Crippen LogP contribution in [0.4, 0.5) is 21.7 Å². The van der Waals surface area contributed by atoms with E-state index in [9.17, 15) is 9.18 Å². The number of carbonyl (C=O) groups excluding carboxylic acids is 1. The maximum Gasteiger partial charge on any atom is 0.244 e. The van der Waals surface area contributed by atoms with E-state index >= 15 is 0 Å². The van der Waals surface area contributed by atoms with E-state index in [-0.39, 0.29) is 11.7 Å². The van der Waals surface area contributed by atoms with Crippen molar-refractivity contribution in [2.75, 3.05) is 23.7 Å². The van der Waals surface area contributed by atoms with Gasteiger partial charge in [0.2, 0.25) is 5.91 Å². The Bertz CT molecular complexity index is 931. The van der Waals surface area contributed by atoms with E-state index in [4.69, 9.17) is 0 Å². The van der Waals surface area contributed by atoms with Crippen LogP contribution < -0.4 is 16.0 Å². The number of nitrogens with one attached hydrogen (secondary N) is 3. The Morgan fingerprint density at radius 1 is 1.00 bits per heavy atom. The van der Waals surface area contributed by atoms with Crippen molar-refractivity contribution in [3.63, 3.8) is 0 Å². The van der Waals surface area contributed by atoms with Gasteiger partial charge in [-0.1, -0.05) is 18.2 Å². The number of anilines is 3. The molecule has 0 aliphatic carbocycles. The van der Waals surface area contributed by atoms with Gasteiger partial charge in [0, 0.05) is 30.9 Å². The number of halogens is 1. The highest BCUT2D eigenvalue weighted by molar-refractivity contribution is 5.91. The van der Waals surface area contributed by atoms with Crippen LogP contribution in [0.1, 0.15) is 5.56 Å². The topological polar surface area (TPSA) is 91.8 Å². The molecule has 142 valence electrons. The van der Waals surface area contributed by atoms with E-state index in [0.29, 0.717) is 30.3 Å². The first-order chi connectivity index (χ1) is 13.7. The summed E-state index contributed by atoms with van der Waals surface area (Å²) in [5.74, 6) is 0.526. The summed E-state index contributed by atoms with van der Waals surface area (Å²) >= 11 is 0. The maximum atomic E-state index is 13.5. The number of carbonyl (C=O) groups is 1. The summed E-state index contributed by atoms with van der Waals surface area (Å²) in [4.78, 5) is 15.8. The summed E-state index contributed by atoms with van der Waals surface area (Å²) in [6.45, 7) is 0.862. The second-order valence-corrected chi connectivity index (χ2v) is 5.74. The lowest BCUT2D eigenvalue weighted by molar-refractivity contribution is -0.116. The molecule has 0 atom stereocenters. The molecule has 0 saturated carbocycles. The van der Waals surface area contributed by atoms with Gasteiger partial charge in [0.1, 0.15) is 11.6 Å². The van der Waals surface area contributed by atoms with Gasteiger partial charge in [0.25, 0.3) is 0 Å². The molecule has 3 rings (SSSR count). The van der Waals surface area contributed by atoms with Crippen molar-refractivity contribution in [3.8, 4) is 0 Å². The predicted molar refractivity (Wildman–Crippen MR) is 106 cm³/mol. The molecular formula is C20H19FN6O. The van der Waals surface area contributed by atoms with Crippen molar-refractivity contribution in [1.82, 2.24) is 20.5 Å². The van der Waals surface area contributed by atoms with Crippen molar-refractivity contribution < 1.29 is 9.18 Å². The number of hydrogen-bond donors (Lipinski definition) is 3. The fraction of sp³-hybridized carbons (Fsp3) is 0.100. The van der Waals surface area contributed by atoms with Crippen LogP contribution >= 0.6 is 0 Å². The van der Waals surface area contributed by atoms with E-state index in [0.717, 1.165) is 5.69 Å². The molecule has 3 N–H and O–H groups in total. The average Bonchev–Trinajstić information content (AvgIpc) is 2.72. The van der Waals surface area contributed by atoms with E-state index in [1.807, 2.05) is 12.1 Å². The number of pyridine rings is 1. The van der Waals surface area contributed by atoms with E-state index in [1.54, 1.807) is 42.7 Å². The zero-order chi connectivity index (χ0) is 19.6. The fourth-order valence-corrected chi connectivity index (χ4v) is 2.29. The van der Waals surface area contributed by atoms with Crippen molar-refractivity contribution >= 4 is 29.3 Å². The lowest BCUT2D eigenvalue weighted by Crippen LogP contribution is -2.27. The number of hydrogen-bond acceptors (Lipinski definition) is 6. The molecule has 7 nitrogen and oxygen atoms in total. The number of nitrogens with zero attached hydrogens (tertiary/aromatic N) is 3. The lowest BCUT2D eigenvalue weighted by Gasteiger charge is -2.07. The van der Waals surface area contributed by atoms with Crippen molar-refractivity contribution in [1.29, 1.82) is 0 Å². The number of aromatic nitrogens is 3. The summed E-state index contributed by atoms with van der Waals surface area (Å²) in [5.41, 5.74) is 1.19. The molecule has 0 aliphatic rings. The van der Waals surface area contributed by atoms with Crippen LogP contribution in [-0.4, -0.2) is 34.2 Å². The smallest absolute Gasteiger partial charge is 0.244 e. The Kier molecular flexibility index (Phi) is 6.62. The Morgan fingerprint density at radius 3 is 2.57 bits per heavy atom. The number of amides is 1. The fourth-order valence-electron chi connectivity index (χ4n) is 2.29. The molecule has 0 fully saturated rings. The largest absolute Gasteiger partial charge is 0.367 e. The third-order valence-electron chi connectivity index (χ3n) is 3.65. The third kappa shape index (κ3) is 5.87. The molecule has 3 aromatic rings. The van der Waals surface area contributed by atoms with Gasteiger partial charge in [-0.25, -0.2) is 4.39 Å². The van der Waals surface area contributed by atoms with Crippen LogP contribution in [0, 0.1) is 5.82 Å². The molecule has 0 radical (unpaired) electrons. The highest BCUT2D eigenvalue weighted by Gasteiger charge is 2.00. The van der Waals surface area contributed by atoms with Gasteiger partial charge < -0.3 is 16.0 Å². The first-order valence-electron chi connectivity index (χ1n) is 8.66. The Hall–Kier alpha value is -3.81. The van der Waals surface area contributed by atoms with Gasteiger partial charge in [-0.3, -0.25) is 9.78 Å². The predicted octanol–water partition coefficient (Wildman–Crippen LogP) is 3.00. The average molecular weight is 378 g/mol. The Morgan fingerprint density at radius 2 is 1.82 bits per heavy atom. The van der Waals surface area contributed by atoms with E-state index < -0.39 is 0 Å². The second kappa shape index (κ2) is 9.77. The first-order valence-corrected chi connectivity index (χ1v) is 8.66. The normalized spacial score (nSPS) is 10.6. The molecule has 0 bridgehead atoms. The molecule has 0 aliphatic heterocycles. The van der Waals surface area contributed by atoms with Crippen molar-refractivity contribution in [2.45, 2.75) is 0 Å². The minimum absolute atomic E-state index is 0.299. The standard InChI is InChI=1S/C20H19FN6O/c21-17-6-2-1-4-15(17)7-10-20(28)24-13-12-23-18-8-9-19(27-26-18)25-16-5-3-11-22-14-16/h1-11,14H,12-13H2,(H,23,26)(H,24,28)(H,25,27)/b10-7+. The molecule has 0 saturated heterocycles. The molecule has 28 heavy (non-hydrogen) atoms. The third-order valence-corrected chi connectivity index (χ3v) is 3.65. The molecule has 0 spiro atoms. The molecule has 2 heterocycles. The quantitative estimate of drug-likeness (QED) is 0.412.